The smallest absolute Gasteiger partial charge is 0.114 e. The summed E-state index contributed by atoms with van der Waals surface area (Å²) in [5, 5.41) is 0. The Bertz CT molecular complexity index is 2790. The van der Waals surface area contributed by atoms with Crippen LogP contribution in [0.2, 0.25) is 0 Å². The lowest BCUT2D eigenvalue weighted by atomic mass is 10.0. The summed E-state index contributed by atoms with van der Waals surface area (Å²) < 4.78 is 10.2. The van der Waals surface area contributed by atoms with Crippen LogP contribution in [0.3, 0.4) is 0 Å². The van der Waals surface area contributed by atoms with E-state index in [-0.39, 0.29) is 0 Å². The zero-order valence-corrected chi connectivity index (χ0v) is 47.3. The van der Waals surface area contributed by atoms with Crippen molar-refractivity contribution < 1.29 is 0 Å². The van der Waals surface area contributed by atoms with Gasteiger partial charge >= 0.3 is 0 Å². The zero-order valence-electron chi connectivity index (χ0n) is 43.2. The van der Waals surface area contributed by atoms with Crippen LogP contribution in [0.1, 0.15) is 187 Å². The Kier molecular flexibility index (Phi) is 21.8. The maximum atomic E-state index is 5.09. The van der Waals surface area contributed by atoms with Crippen molar-refractivity contribution in [1.29, 1.82) is 0 Å². The van der Waals surface area contributed by atoms with Gasteiger partial charge in [-0.1, -0.05) is 179 Å². The van der Waals surface area contributed by atoms with Gasteiger partial charge in [-0.25, -0.2) is 0 Å². The summed E-state index contributed by atoms with van der Waals surface area (Å²) in [4.78, 5) is 11.1. The van der Waals surface area contributed by atoms with E-state index in [1.54, 1.807) is 0 Å². The molecule has 0 N–H and O–H groups in total. The van der Waals surface area contributed by atoms with E-state index in [1.807, 2.05) is 51.4 Å². The lowest BCUT2D eigenvalue weighted by molar-refractivity contribution is 0.667. The predicted molar refractivity (Wildman–Crippen MR) is 320 cm³/mol. The van der Waals surface area contributed by atoms with E-state index in [2.05, 4.69) is 139 Å². The third-order valence-electron chi connectivity index (χ3n) is 13.7. The zero-order chi connectivity index (χ0) is 49.1. The minimum atomic E-state index is 1.03. The van der Waals surface area contributed by atoms with Crippen LogP contribution in [-0.2, 0) is 32.1 Å². The van der Waals surface area contributed by atoms with Gasteiger partial charge in [0.1, 0.15) is 11.0 Å². The van der Waals surface area contributed by atoms with Crippen molar-refractivity contribution in [3.05, 3.63) is 134 Å². The van der Waals surface area contributed by atoms with E-state index in [1.165, 1.54) is 198 Å². The fourth-order valence-electron chi connectivity index (χ4n) is 9.42. The van der Waals surface area contributed by atoms with Crippen LogP contribution < -0.4 is 0 Å². The second-order valence-corrected chi connectivity index (χ2v) is 23.9. The minimum Gasteiger partial charge on any atom is -0.172 e. The van der Waals surface area contributed by atoms with Crippen LogP contribution in [0.15, 0.2) is 91.0 Å². The number of rotatable bonds is 30. The Morgan fingerprint density at radius 3 is 1.36 bits per heavy atom. The standard InChI is InChI=1S/C63H78N2S5/c1-8-15-19-23-27-48-41-58(66-54(48)39-35-45(12-5)13-6)62-50(29-25-21-17-10-3)43-56(68-62)52-37-38-53(61-60(52)64-70-65-61)57-44-51(30-26-22-18-11-4)63(69-57)59-42-49(28-24-20-16-9-2)55(67-59)40-36-47-33-31-46(14-7)32-34-47/h12-13,31-44H,5,8-11,14-30H2,1-4,6-7H3/b39-35+,40-36+,45-13+. The van der Waals surface area contributed by atoms with E-state index >= 15 is 0 Å². The summed E-state index contributed by atoms with van der Waals surface area (Å²) in [7, 11) is 0. The molecule has 0 amide bonds. The molecule has 0 saturated carbocycles. The van der Waals surface area contributed by atoms with Crippen LogP contribution in [-0.4, -0.2) is 8.75 Å². The van der Waals surface area contributed by atoms with Crippen LogP contribution >= 0.6 is 57.1 Å². The van der Waals surface area contributed by atoms with Gasteiger partial charge in [-0.2, -0.15) is 8.75 Å². The lowest BCUT2D eigenvalue weighted by Gasteiger charge is -2.03. The summed E-state index contributed by atoms with van der Waals surface area (Å²) in [5.74, 6) is 0. The van der Waals surface area contributed by atoms with E-state index in [9.17, 15) is 0 Å². The maximum absolute atomic E-state index is 5.09. The highest BCUT2D eigenvalue weighted by atomic mass is 32.1. The van der Waals surface area contributed by atoms with Gasteiger partial charge in [0.15, 0.2) is 0 Å². The molecule has 0 aliphatic heterocycles. The molecular weight excluding hydrogens is 945 g/mol. The Morgan fingerprint density at radius 1 is 0.486 bits per heavy atom. The third-order valence-corrected chi connectivity index (χ3v) is 19.3. The number of allylic oxidation sites excluding steroid dienone is 4. The van der Waals surface area contributed by atoms with Gasteiger partial charge in [-0.3, -0.25) is 0 Å². The molecule has 0 aliphatic carbocycles. The number of hydrogen-bond acceptors (Lipinski definition) is 7. The molecule has 0 spiro atoms. The van der Waals surface area contributed by atoms with Crippen molar-refractivity contribution in [2.24, 2.45) is 0 Å². The number of fused-ring (bicyclic) bond motifs is 1. The van der Waals surface area contributed by atoms with Crippen LogP contribution in [0.25, 0.3) is 69.7 Å². The van der Waals surface area contributed by atoms with Crippen LogP contribution in [0.5, 0.6) is 0 Å². The van der Waals surface area contributed by atoms with E-state index in [0.29, 0.717) is 0 Å². The highest BCUT2D eigenvalue weighted by molar-refractivity contribution is 7.25. The van der Waals surface area contributed by atoms with E-state index < -0.39 is 0 Å². The Hall–Kier alpha value is -3.98. The molecule has 0 radical (unpaired) electrons. The summed E-state index contributed by atoms with van der Waals surface area (Å²) >= 11 is 9.25. The summed E-state index contributed by atoms with van der Waals surface area (Å²) in [6.45, 7) is 17.6. The average Bonchev–Trinajstić information content (AvgIpc) is 4.25. The number of hydrogen-bond donors (Lipinski definition) is 0. The Morgan fingerprint density at radius 2 is 0.929 bits per heavy atom. The molecule has 7 rings (SSSR count). The number of aryl methyl sites for hydroxylation is 5. The number of thiophene rings is 4. The van der Waals surface area contributed by atoms with Gasteiger partial charge < -0.3 is 0 Å². The lowest BCUT2D eigenvalue weighted by Crippen LogP contribution is -1.87. The topological polar surface area (TPSA) is 25.8 Å². The van der Waals surface area contributed by atoms with Gasteiger partial charge in [0.25, 0.3) is 0 Å². The monoisotopic (exact) mass is 1020 g/mol. The first-order valence-corrected chi connectivity index (χ1v) is 30.9. The number of benzene rings is 2. The van der Waals surface area contributed by atoms with Crippen molar-refractivity contribution in [2.45, 2.75) is 176 Å². The van der Waals surface area contributed by atoms with Gasteiger partial charge in [-0.05, 0) is 140 Å². The molecular formula is C63H78N2S5. The molecule has 0 saturated heterocycles. The first-order chi connectivity index (χ1) is 34.4. The van der Waals surface area contributed by atoms with Crippen molar-refractivity contribution >= 4 is 86.3 Å². The van der Waals surface area contributed by atoms with Gasteiger partial charge in [0, 0.05) is 50.1 Å². The quantitative estimate of drug-likeness (QED) is 0.0331. The fourth-order valence-corrected chi connectivity index (χ4v) is 15.0. The van der Waals surface area contributed by atoms with Crippen LogP contribution in [0.4, 0.5) is 0 Å². The van der Waals surface area contributed by atoms with Crippen molar-refractivity contribution in [1.82, 2.24) is 8.75 Å². The minimum absolute atomic E-state index is 1.03. The molecule has 0 atom stereocenters. The second-order valence-electron chi connectivity index (χ2n) is 19.0. The average molecular weight is 1020 g/mol. The normalized spacial score (nSPS) is 12.2. The molecule has 0 bridgehead atoms. The number of aromatic nitrogens is 2. The molecule has 2 aromatic carbocycles. The third kappa shape index (κ3) is 14.4. The molecule has 0 aliphatic rings. The second kappa shape index (κ2) is 28.3. The molecule has 2 nitrogen and oxygen atoms in total. The highest BCUT2D eigenvalue weighted by Gasteiger charge is 2.23. The fraction of sp³-hybridized carbons (Fsp3) is 0.429. The summed E-state index contributed by atoms with van der Waals surface area (Å²) in [6, 6.07) is 23.9. The maximum Gasteiger partial charge on any atom is 0.114 e. The van der Waals surface area contributed by atoms with Gasteiger partial charge in [0.2, 0.25) is 0 Å². The number of unbranched alkanes of at least 4 members (excludes halogenated alkanes) is 12. The van der Waals surface area contributed by atoms with E-state index in [0.717, 1.165) is 48.7 Å². The van der Waals surface area contributed by atoms with Crippen molar-refractivity contribution in [3.63, 3.8) is 0 Å². The Labute approximate surface area is 442 Å². The molecule has 5 aromatic heterocycles. The molecule has 70 heavy (non-hydrogen) atoms. The predicted octanol–water partition coefficient (Wildman–Crippen LogP) is 22.0. The molecule has 5 heterocycles. The van der Waals surface area contributed by atoms with Crippen molar-refractivity contribution in [2.75, 3.05) is 0 Å². The van der Waals surface area contributed by atoms with Gasteiger partial charge in [0.05, 0.1) is 11.7 Å². The molecule has 370 valence electrons. The van der Waals surface area contributed by atoms with Gasteiger partial charge in [-0.15, -0.1) is 45.3 Å². The largest absolute Gasteiger partial charge is 0.172 e. The summed E-state index contributed by atoms with van der Waals surface area (Å²) in [5.41, 5.74) is 14.2. The molecule has 0 fully saturated rings. The first kappa shape index (κ1) is 53.8. The number of nitrogens with zero attached hydrogens (tertiary/aromatic N) is 2. The van der Waals surface area contributed by atoms with Crippen molar-refractivity contribution in [3.8, 4) is 40.4 Å². The summed E-state index contributed by atoms with van der Waals surface area (Å²) in [6.07, 6.45) is 39.1. The first-order valence-electron chi connectivity index (χ1n) is 26.9. The SMILES string of the molecule is C=CC(/C=C/c1sc(-c2sc(-c3ccc(-c4cc(CCCCCC)c(-c5cc(CCCCCC)c(/C=C/c6ccc(CC)cc6)s5)s4)c4nsnc34)cc2CCCCCC)cc1CCCCCC)=C\C. The van der Waals surface area contributed by atoms with Crippen LogP contribution in [0, 0.1) is 0 Å². The highest BCUT2D eigenvalue weighted by Crippen LogP contribution is 2.48. The molecule has 7 aromatic rings. The molecule has 0 unspecified atom stereocenters. The Balaban J connectivity index is 1.26. The molecule has 7 heteroatoms. The van der Waals surface area contributed by atoms with E-state index in [4.69, 9.17) is 8.75 Å².